The highest BCUT2D eigenvalue weighted by Crippen LogP contribution is 2.26. The number of aliphatic hydroxyl groups excluding tert-OH is 1. The number of halogens is 2. The molecule has 1 aliphatic heterocycles. The molecular formula is C16H19Cl2NO2. The van der Waals surface area contributed by atoms with Crippen molar-refractivity contribution in [3.63, 3.8) is 0 Å². The van der Waals surface area contributed by atoms with Crippen LogP contribution >= 0.6 is 23.2 Å². The highest BCUT2D eigenvalue weighted by molar-refractivity contribution is 6.42. The van der Waals surface area contributed by atoms with Gasteiger partial charge in [-0.05, 0) is 37.5 Å². The second-order valence-electron chi connectivity index (χ2n) is 5.40. The zero-order valence-electron chi connectivity index (χ0n) is 11.9. The van der Waals surface area contributed by atoms with Crippen LogP contribution in [0.3, 0.4) is 0 Å². The quantitative estimate of drug-likeness (QED) is 0.861. The molecule has 0 spiro atoms. The summed E-state index contributed by atoms with van der Waals surface area (Å²) in [5.74, 6) is 0.0993. The van der Waals surface area contributed by atoms with Gasteiger partial charge in [-0.3, -0.25) is 4.79 Å². The van der Waals surface area contributed by atoms with Gasteiger partial charge in [-0.2, -0.15) is 0 Å². The van der Waals surface area contributed by atoms with Crippen LogP contribution in [0.5, 0.6) is 0 Å². The number of carbonyl (C=O) groups excluding carboxylic acids is 1. The van der Waals surface area contributed by atoms with Crippen LogP contribution in [0, 0.1) is 5.92 Å². The zero-order valence-corrected chi connectivity index (χ0v) is 13.4. The van der Waals surface area contributed by atoms with Crippen molar-refractivity contribution in [2.24, 2.45) is 5.92 Å². The Balaban J connectivity index is 2.03. The first-order chi connectivity index (χ1) is 9.99. The minimum atomic E-state index is -0.382. The lowest BCUT2D eigenvalue weighted by atomic mass is 9.93. The Morgan fingerprint density at radius 1 is 1.48 bits per heavy atom. The predicted molar refractivity (Wildman–Crippen MR) is 86.5 cm³/mol. The molecule has 0 aromatic heterocycles. The minimum absolute atomic E-state index is 0.0589. The standard InChI is InChI=1S/C16H19Cl2NO2/c1-11(20)13-5-3-9-19(10-13)15(21)8-7-12-4-2-6-14(17)16(12)18/h2,4,6-8,11,13,20H,3,5,9-10H2,1H3/b8-7+. The highest BCUT2D eigenvalue weighted by Gasteiger charge is 2.25. The molecular weight excluding hydrogens is 309 g/mol. The number of benzene rings is 1. The van der Waals surface area contributed by atoms with Gasteiger partial charge < -0.3 is 10.0 Å². The van der Waals surface area contributed by atoms with Gasteiger partial charge in [-0.25, -0.2) is 0 Å². The third-order valence-corrected chi connectivity index (χ3v) is 4.67. The van der Waals surface area contributed by atoms with Gasteiger partial charge in [-0.15, -0.1) is 0 Å². The SMILES string of the molecule is CC(O)C1CCCN(C(=O)/C=C/c2cccc(Cl)c2Cl)C1. The van der Waals surface area contributed by atoms with E-state index in [0.717, 1.165) is 24.9 Å². The summed E-state index contributed by atoms with van der Waals surface area (Å²) in [6.45, 7) is 3.11. The Labute approximate surface area is 135 Å². The van der Waals surface area contributed by atoms with Crippen molar-refractivity contribution in [3.8, 4) is 0 Å². The van der Waals surface area contributed by atoms with E-state index >= 15 is 0 Å². The van der Waals surface area contributed by atoms with E-state index in [2.05, 4.69) is 0 Å². The summed E-state index contributed by atoms with van der Waals surface area (Å²) in [5.41, 5.74) is 0.724. The predicted octanol–water partition coefficient (Wildman–Crippen LogP) is 3.63. The Morgan fingerprint density at radius 3 is 2.95 bits per heavy atom. The fraction of sp³-hybridized carbons (Fsp3) is 0.438. The van der Waals surface area contributed by atoms with Gasteiger partial charge in [0.05, 0.1) is 16.1 Å². The fourth-order valence-electron chi connectivity index (χ4n) is 2.52. The average molecular weight is 328 g/mol. The van der Waals surface area contributed by atoms with E-state index < -0.39 is 0 Å². The van der Waals surface area contributed by atoms with Crippen LogP contribution in [-0.2, 0) is 4.79 Å². The van der Waals surface area contributed by atoms with Crippen LogP contribution in [0.25, 0.3) is 6.08 Å². The maximum atomic E-state index is 12.2. The zero-order chi connectivity index (χ0) is 15.4. The topological polar surface area (TPSA) is 40.5 Å². The molecule has 3 nitrogen and oxygen atoms in total. The van der Waals surface area contributed by atoms with Crippen molar-refractivity contribution >= 4 is 35.2 Å². The molecule has 5 heteroatoms. The molecule has 0 aliphatic carbocycles. The van der Waals surface area contributed by atoms with Crippen molar-refractivity contribution in [3.05, 3.63) is 39.9 Å². The molecule has 114 valence electrons. The van der Waals surface area contributed by atoms with Crippen molar-refractivity contribution in [2.75, 3.05) is 13.1 Å². The molecule has 2 atom stereocenters. The van der Waals surface area contributed by atoms with E-state index in [-0.39, 0.29) is 17.9 Å². The number of carbonyl (C=O) groups is 1. The third kappa shape index (κ3) is 4.22. The van der Waals surface area contributed by atoms with Gasteiger partial charge in [0, 0.05) is 25.1 Å². The normalized spacial score (nSPS) is 20.8. The Morgan fingerprint density at radius 2 is 2.24 bits per heavy atom. The van der Waals surface area contributed by atoms with E-state index in [4.69, 9.17) is 23.2 Å². The summed E-state index contributed by atoms with van der Waals surface area (Å²) >= 11 is 12.0. The summed E-state index contributed by atoms with van der Waals surface area (Å²) in [4.78, 5) is 14.0. The summed E-state index contributed by atoms with van der Waals surface area (Å²) in [6.07, 6.45) is 4.70. The van der Waals surface area contributed by atoms with Gasteiger partial charge in [0.1, 0.15) is 0 Å². The minimum Gasteiger partial charge on any atom is -0.393 e. The fourth-order valence-corrected chi connectivity index (χ4v) is 2.89. The van der Waals surface area contributed by atoms with Crippen molar-refractivity contribution in [1.82, 2.24) is 4.90 Å². The lowest BCUT2D eigenvalue weighted by Crippen LogP contribution is -2.42. The van der Waals surface area contributed by atoms with E-state index in [9.17, 15) is 9.90 Å². The molecule has 1 aromatic carbocycles. The van der Waals surface area contributed by atoms with E-state index in [1.54, 1.807) is 30.0 Å². The molecule has 1 fully saturated rings. The molecule has 21 heavy (non-hydrogen) atoms. The van der Waals surface area contributed by atoms with Gasteiger partial charge in [-0.1, -0.05) is 35.3 Å². The largest absolute Gasteiger partial charge is 0.393 e. The lowest BCUT2D eigenvalue weighted by Gasteiger charge is -2.33. The van der Waals surface area contributed by atoms with Crippen LogP contribution in [0.15, 0.2) is 24.3 Å². The van der Waals surface area contributed by atoms with Crippen LogP contribution in [0.4, 0.5) is 0 Å². The highest BCUT2D eigenvalue weighted by atomic mass is 35.5. The number of likely N-dealkylation sites (tertiary alicyclic amines) is 1. The third-order valence-electron chi connectivity index (χ3n) is 3.84. The number of amides is 1. The molecule has 0 radical (unpaired) electrons. The Kier molecular flexibility index (Phi) is 5.68. The van der Waals surface area contributed by atoms with Crippen molar-refractivity contribution in [2.45, 2.75) is 25.9 Å². The second kappa shape index (κ2) is 7.30. The van der Waals surface area contributed by atoms with Gasteiger partial charge in [0.25, 0.3) is 0 Å². The number of aliphatic hydroxyl groups is 1. The Hall–Kier alpha value is -1.03. The summed E-state index contributed by atoms with van der Waals surface area (Å²) in [5, 5.41) is 10.6. The maximum Gasteiger partial charge on any atom is 0.246 e. The number of hydrogen-bond acceptors (Lipinski definition) is 2. The molecule has 1 N–H and O–H groups in total. The Bertz CT molecular complexity index is 543. The summed E-state index contributed by atoms with van der Waals surface area (Å²) < 4.78 is 0. The first kappa shape index (κ1) is 16.3. The first-order valence-corrected chi connectivity index (χ1v) is 7.83. The first-order valence-electron chi connectivity index (χ1n) is 7.08. The van der Waals surface area contributed by atoms with Crippen LogP contribution in [0.1, 0.15) is 25.3 Å². The lowest BCUT2D eigenvalue weighted by molar-refractivity contribution is -0.128. The van der Waals surface area contributed by atoms with E-state index in [1.807, 2.05) is 6.07 Å². The molecule has 2 rings (SSSR count). The number of rotatable bonds is 3. The van der Waals surface area contributed by atoms with Gasteiger partial charge in [0.15, 0.2) is 0 Å². The molecule has 1 saturated heterocycles. The number of nitrogens with zero attached hydrogens (tertiary/aromatic N) is 1. The molecule has 0 bridgehead atoms. The van der Waals surface area contributed by atoms with E-state index in [1.165, 1.54) is 6.08 Å². The maximum absolute atomic E-state index is 12.2. The molecule has 1 amide bonds. The molecule has 2 unspecified atom stereocenters. The second-order valence-corrected chi connectivity index (χ2v) is 6.19. The van der Waals surface area contributed by atoms with Crippen LogP contribution in [0.2, 0.25) is 10.0 Å². The van der Waals surface area contributed by atoms with E-state index in [0.29, 0.717) is 16.6 Å². The summed E-state index contributed by atoms with van der Waals surface area (Å²) in [7, 11) is 0. The van der Waals surface area contributed by atoms with Crippen LogP contribution in [-0.4, -0.2) is 35.1 Å². The molecule has 0 saturated carbocycles. The molecule has 1 aliphatic rings. The van der Waals surface area contributed by atoms with Crippen molar-refractivity contribution < 1.29 is 9.90 Å². The smallest absolute Gasteiger partial charge is 0.246 e. The van der Waals surface area contributed by atoms with Crippen molar-refractivity contribution in [1.29, 1.82) is 0 Å². The molecule has 1 aromatic rings. The van der Waals surface area contributed by atoms with Crippen LogP contribution < -0.4 is 0 Å². The number of hydrogen-bond donors (Lipinski definition) is 1. The van der Waals surface area contributed by atoms with Gasteiger partial charge in [0.2, 0.25) is 5.91 Å². The number of piperidine rings is 1. The average Bonchev–Trinajstić information content (AvgIpc) is 2.48. The van der Waals surface area contributed by atoms with Gasteiger partial charge >= 0.3 is 0 Å². The monoisotopic (exact) mass is 327 g/mol. The molecule has 1 heterocycles. The summed E-state index contributed by atoms with van der Waals surface area (Å²) in [6, 6.07) is 5.32.